The van der Waals surface area contributed by atoms with Gasteiger partial charge < -0.3 is 0 Å². The van der Waals surface area contributed by atoms with Crippen LogP contribution in [0.15, 0.2) is 88.9 Å². The zero-order valence-electron chi connectivity index (χ0n) is 15.2. The molecule has 1 heteroatoms. The Labute approximate surface area is 173 Å². The Bertz CT molecular complexity index is 1260. The van der Waals surface area contributed by atoms with Gasteiger partial charge in [-0.1, -0.05) is 82.4 Å². The molecule has 0 spiro atoms. The molecule has 2 atom stereocenters. The van der Waals surface area contributed by atoms with Crippen molar-refractivity contribution in [2.75, 3.05) is 0 Å². The number of fused-ring (bicyclic) bond motifs is 11. The molecule has 0 aromatic heterocycles. The fourth-order valence-corrected chi connectivity index (χ4v) is 5.37. The van der Waals surface area contributed by atoms with Gasteiger partial charge >= 0.3 is 0 Å². The fourth-order valence-electron chi connectivity index (χ4n) is 4.88. The lowest BCUT2D eigenvalue weighted by Gasteiger charge is -2.18. The summed E-state index contributed by atoms with van der Waals surface area (Å²) in [6.45, 7) is 0. The van der Waals surface area contributed by atoms with Crippen molar-refractivity contribution in [3.05, 3.63) is 100 Å². The van der Waals surface area contributed by atoms with Crippen LogP contribution in [0.1, 0.15) is 17.5 Å². The third-order valence-electron chi connectivity index (χ3n) is 6.11. The van der Waals surface area contributed by atoms with E-state index in [1.165, 1.54) is 45.4 Å². The number of halogens is 1. The molecule has 3 aromatic rings. The standard InChI is InChI=1S/C27H17Br/c28-22-15-20-14-21(16-22)24-7-3-4-8-26(24)27-19-10-9-18(13-19)25(27)12-11-17-5-1-2-6-23(17)20/h1-10,14-16,18-19H,13H2. The number of hydrogen-bond acceptors (Lipinski definition) is 0. The zero-order chi connectivity index (χ0) is 18.7. The first-order valence-corrected chi connectivity index (χ1v) is 10.5. The van der Waals surface area contributed by atoms with Crippen molar-refractivity contribution in [2.24, 2.45) is 11.8 Å². The van der Waals surface area contributed by atoms with Crippen molar-refractivity contribution in [1.82, 2.24) is 0 Å². The smallest absolute Gasteiger partial charge is 0.0327 e. The summed E-state index contributed by atoms with van der Waals surface area (Å²) >= 11 is 3.75. The molecule has 0 aliphatic heterocycles. The Morgan fingerprint density at radius 1 is 0.714 bits per heavy atom. The van der Waals surface area contributed by atoms with Crippen LogP contribution in [0.3, 0.4) is 0 Å². The van der Waals surface area contributed by atoms with Gasteiger partial charge in [0.25, 0.3) is 0 Å². The van der Waals surface area contributed by atoms with Crippen LogP contribution in [-0.2, 0) is 0 Å². The van der Waals surface area contributed by atoms with Gasteiger partial charge in [0.05, 0.1) is 0 Å². The van der Waals surface area contributed by atoms with Crippen molar-refractivity contribution < 1.29 is 0 Å². The maximum atomic E-state index is 3.75. The second kappa shape index (κ2) is 6.09. The van der Waals surface area contributed by atoms with Crippen molar-refractivity contribution in [2.45, 2.75) is 6.42 Å². The molecule has 0 saturated carbocycles. The first-order chi connectivity index (χ1) is 13.8. The molecule has 2 unspecified atom stereocenters. The van der Waals surface area contributed by atoms with Crippen LogP contribution < -0.4 is 0 Å². The molecule has 0 nitrogen and oxygen atoms in total. The molecule has 28 heavy (non-hydrogen) atoms. The van der Waals surface area contributed by atoms with E-state index in [0.29, 0.717) is 11.8 Å². The second-order valence-corrected chi connectivity index (χ2v) is 8.65. The average Bonchev–Trinajstić information content (AvgIpc) is 3.33. The van der Waals surface area contributed by atoms with Gasteiger partial charge in [-0.25, -0.2) is 0 Å². The van der Waals surface area contributed by atoms with Crippen molar-refractivity contribution in [3.8, 4) is 34.1 Å². The summed E-state index contributed by atoms with van der Waals surface area (Å²) in [4.78, 5) is 0. The summed E-state index contributed by atoms with van der Waals surface area (Å²) in [6, 6.07) is 24.0. The maximum Gasteiger partial charge on any atom is 0.0327 e. The zero-order valence-corrected chi connectivity index (χ0v) is 16.8. The predicted octanol–water partition coefficient (Wildman–Crippen LogP) is 7.11. The summed E-state index contributed by atoms with van der Waals surface area (Å²) in [6.07, 6.45) is 5.89. The highest BCUT2D eigenvalue weighted by molar-refractivity contribution is 9.10. The number of rotatable bonds is 0. The Morgan fingerprint density at radius 3 is 2.25 bits per heavy atom. The van der Waals surface area contributed by atoms with Gasteiger partial charge in [-0.2, -0.15) is 0 Å². The molecule has 3 aliphatic rings. The maximum absolute atomic E-state index is 3.75. The van der Waals surface area contributed by atoms with E-state index in [0.717, 1.165) is 10.0 Å². The van der Waals surface area contributed by atoms with Gasteiger partial charge in [0.15, 0.2) is 0 Å². The highest BCUT2D eigenvalue weighted by Crippen LogP contribution is 2.50. The van der Waals surface area contributed by atoms with E-state index in [9.17, 15) is 0 Å². The third-order valence-corrected chi connectivity index (χ3v) is 6.57. The molecular weight excluding hydrogens is 404 g/mol. The molecule has 4 bridgehead atoms. The van der Waals surface area contributed by atoms with Crippen LogP contribution in [0, 0.1) is 23.7 Å². The molecule has 0 saturated heterocycles. The topological polar surface area (TPSA) is 0 Å². The molecule has 0 radical (unpaired) electrons. The second-order valence-electron chi connectivity index (χ2n) is 7.73. The van der Waals surface area contributed by atoms with Crippen molar-refractivity contribution >= 4 is 21.5 Å². The largest absolute Gasteiger partial charge is 0.0803 e. The Balaban J connectivity index is 1.74. The van der Waals surface area contributed by atoms with Gasteiger partial charge in [0.2, 0.25) is 0 Å². The lowest BCUT2D eigenvalue weighted by Crippen LogP contribution is -1.99. The van der Waals surface area contributed by atoms with Gasteiger partial charge in [-0.3, -0.25) is 0 Å². The third kappa shape index (κ3) is 2.38. The molecule has 0 amide bonds. The molecule has 3 aliphatic carbocycles. The highest BCUT2D eigenvalue weighted by atomic mass is 79.9. The lowest BCUT2D eigenvalue weighted by molar-refractivity contribution is 0.728. The molecule has 0 heterocycles. The molecule has 3 aromatic carbocycles. The van der Waals surface area contributed by atoms with Crippen LogP contribution in [0.4, 0.5) is 0 Å². The predicted molar refractivity (Wildman–Crippen MR) is 120 cm³/mol. The average molecular weight is 421 g/mol. The molecular formula is C27H17Br. The van der Waals surface area contributed by atoms with Crippen LogP contribution in [0.25, 0.3) is 27.8 Å². The summed E-state index contributed by atoms with van der Waals surface area (Å²) in [5.74, 6) is 8.06. The minimum atomic E-state index is 0.461. The molecule has 6 rings (SSSR count). The van der Waals surface area contributed by atoms with E-state index >= 15 is 0 Å². The van der Waals surface area contributed by atoms with E-state index in [2.05, 4.69) is 107 Å². The van der Waals surface area contributed by atoms with Crippen molar-refractivity contribution in [3.63, 3.8) is 0 Å². The number of allylic oxidation sites excluding steroid dienone is 4. The minimum Gasteiger partial charge on any atom is -0.0803 e. The van der Waals surface area contributed by atoms with Crippen LogP contribution in [0.2, 0.25) is 0 Å². The van der Waals surface area contributed by atoms with Gasteiger partial charge in [0, 0.05) is 27.4 Å². The quantitative estimate of drug-likeness (QED) is 0.268. The summed E-state index contributed by atoms with van der Waals surface area (Å²) in [5.41, 5.74) is 10.1. The van der Waals surface area contributed by atoms with Crippen LogP contribution in [-0.4, -0.2) is 0 Å². The number of hydrogen-bond donors (Lipinski definition) is 0. The number of benzene rings is 3. The van der Waals surface area contributed by atoms with Gasteiger partial charge in [-0.15, -0.1) is 0 Å². The molecule has 0 N–H and O–H groups in total. The lowest BCUT2D eigenvalue weighted by atomic mass is 9.86. The van der Waals surface area contributed by atoms with Crippen LogP contribution in [0.5, 0.6) is 0 Å². The van der Waals surface area contributed by atoms with E-state index in [1.807, 2.05) is 0 Å². The first kappa shape index (κ1) is 16.2. The van der Waals surface area contributed by atoms with Crippen LogP contribution >= 0.6 is 15.9 Å². The minimum absolute atomic E-state index is 0.461. The van der Waals surface area contributed by atoms with Crippen molar-refractivity contribution in [1.29, 1.82) is 0 Å². The highest BCUT2D eigenvalue weighted by Gasteiger charge is 2.36. The van der Waals surface area contributed by atoms with E-state index in [1.54, 1.807) is 0 Å². The van der Waals surface area contributed by atoms with E-state index in [4.69, 9.17) is 0 Å². The molecule has 0 fully saturated rings. The summed E-state index contributed by atoms with van der Waals surface area (Å²) in [5, 5.41) is 0. The van der Waals surface area contributed by atoms with Gasteiger partial charge in [-0.05, 0) is 64.1 Å². The van der Waals surface area contributed by atoms with Gasteiger partial charge in [0.1, 0.15) is 0 Å². The SMILES string of the molecule is Brc1cc2cc(c1)-c1ccccc1C1=C(C#Cc3ccccc3-2)C2C=CC1C2. The van der Waals surface area contributed by atoms with E-state index in [-0.39, 0.29) is 0 Å². The Hall–Kier alpha value is -2.82. The first-order valence-electron chi connectivity index (χ1n) is 9.72. The summed E-state index contributed by atoms with van der Waals surface area (Å²) in [7, 11) is 0. The molecule has 132 valence electrons. The Kier molecular flexibility index (Phi) is 3.52. The fraction of sp³-hybridized carbons (Fsp3) is 0.111. The Morgan fingerprint density at radius 2 is 1.39 bits per heavy atom. The summed E-state index contributed by atoms with van der Waals surface area (Å²) < 4.78 is 1.10. The normalized spacial score (nSPS) is 20.6. The van der Waals surface area contributed by atoms with E-state index < -0.39 is 0 Å². The monoisotopic (exact) mass is 420 g/mol.